The van der Waals surface area contributed by atoms with Gasteiger partial charge in [-0.1, -0.05) is 6.07 Å². The van der Waals surface area contributed by atoms with Crippen molar-refractivity contribution in [3.05, 3.63) is 58.1 Å². The SMILES string of the molecule is O=C(O)c1ccc2nc(-c3cccc([N+](=O)[O-])c3)oc2c1. The van der Waals surface area contributed by atoms with Gasteiger partial charge in [0.05, 0.1) is 10.5 Å². The Balaban J connectivity index is 2.10. The molecule has 0 saturated carbocycles. The summed E-state index contributed by atoms with van der Waals surface area (Å²) in [4.78, 5) is 25.4. The van der Waals surface area contributed by atoms with Crippen molar-refractivity contribution >= 4 is 22.8 Å². The number of nitro groups is 1. The maximum atomic E-state index is 10.9. The Labute approximate surface area is 117 Å². The van der Waals surface area contributed by atoms with E-state index in [9.17, 15) is 14.9 Å². The minimum Gasteiger partial charge on any atom is -0.478 e. The summed E-state index contributed by atoms with van der Waals surface area (Å²) in [6.45, 7) is 0. The molecule has 0 spiro atoms. The Morgan fingerprint density at radius 2 is 2.05 bits per heavy atom. The second-order valence-corrected chi connectivity index (χ2v) is 4.31. The second kappa shape index (κ2) is 4.71. The number of nitro benzene ring substituents is 1. The molecule has 0 atom stereocenters. The highest BCUT2D eigenvalue weighted by molar-refractivity contribution is 5.92. The molecule has 7 nitrogen and oxygen atoms in total. The molecule has 21 heavy (non-hydrogen) atoms. The van der Waals surface area contributed by atoms with E-state index in [0.717, 1.165) is 0 Å². The van der Waals surface area contributed by atoms with E-state index in [1.165, 1.54) is 36.4 Å². The van der Waals surface area contributed by atoms with Gasteiger partial charge >= 0.3 is 5.97 Å². The number of carboxylic acid groups (broad SMARTS) is 1. The molecule has 1 N–H and O–H groups in total. The molecule has 0 bridgehead atoms. The minimum atomic E-state index is -1.06. The summed E-state index contributed by atoms with van der Waals surface area (Å²) in [6, 6.07) is 10.2. The molecule has 0 aliphatic rings. The number of aromatic nitrogens is 1. The molecule has 0 fully saturated rings. The summed E-state index contributed by atoms with van der Waals surface area (Å²) in [5, 5.41) is 19.7. The van der Waals surface area contributed by atoms with Crippen molar-refractivity contribution < 1.29 is 19.2 Å². The van der Waals surface area contributed by atoms with Crippen LogP contribution in [0.4, 0.5) is 5.69 Å². The number of carboxylic acids is 1. The molecule has 0 radical (unpaired) electrons. The van der Waals surface area contributed by atoms with Gasteiger partial charge in [0.1, 0.15) is 5.52 Å². The number of oxazole rings is 1. The molecule has 2 aromatic carbocycles. The van der Waals surface area contributed by atoms with Crippen LogP contribution in [0.15, 0.2) is 46.9 Å². The van der Waals surface area contributed by atoms with Crippen molar-refractivity contribution in [2.45, 2.75) is 0 Å². The van der Waals surface area contributed by atoms with E-state index in [1.807, 2.05) is 0 Å². The Morgan fingerprint density at radius 3 is 2.76 bits per heavy atom. The first-order chi connectivity index (χ1) is 10.0. The van der Waals surface area contributed by atoms with Crippen molar-refractivity contribution in [2.24, 2.45) is 0 Å². The molecule has 1 heterocycles. The Morgan fingerprint density at radius 1 is 1.24 bits per heavy atom. The standard InChI is InChI=1S/C14H8N2O5/c17-14(18)9-4-5-11-12(7-9)21-13(15-11)8-2-1-3-10(6-8)16(19)20/h1-7H,(H,17,18). The normalized spacial score (nSPS) is 10.7. The van der Waals surface area contributed by atoms with Crippen LogP contribution in [0.3, 0.4) is 0 Å². The lowest BCUT2D eigenvalue weighted by molar-refractivity contribution is -0.384. The van der Waals surface area contributed by atoms with E-state index in [4.69, 9.17) is 9.52 Å². The highest BCUT2D eigenvalue weighted by atomic mass is 16.6. The zero-order chi connectivity index (χ0) is 15.0. The Hall–Kier alpha value is -3.22. The molecule has 0 aliphatic heterocycles. The van der Waals surface area contributed by atoms with E-state index >= 15 is 0 Å². The molecule has 104 valence electrons. The van der Waals surface area contributed by atoms with Crippen LogP contribution in [-0.4, -0.2) is 21.0 Å². The first-order valence-electron chi connectivity index (χ1n) is 5.93. The van der Waals surface area contributed by atoms with E-state index in [2.05, 4.69) is 4.98 Å². The summed E-state index contributed by atoms with van der Waals surface area (Å²) in [5.74, 6) is -0.860. The van der Waals surface area contributed by atoms with Gasteiger partial charge in [0.2, 0.25) is 5.89 Å². The highest BCUT2D eigenvalue weighted by Gasteiger charge is 2.13. The van der Waals surface area contributed by atoms with E-state index in [-0.39, 0.29) is 17.1 Å². The summed E-state index contributed by atoms with van der Waals surface area (Å²) >= 11 is 0. The summed E-state index contributed by atoms with van der Waals surface area (Å²) in [7, 11) is 0. The van der Waals surface area contributed by atoms with E-state index in [1.54, 1.807) is 6.07 Å². The van der Waals surface area contributed by atoms with E-state index in [0.29, 0.717) is 16.7 Å². The molecule has 3 aromatic rings. The first-order valence-corrected chi connectivity index (χ1v) is 5.93. The maximum Gasteiger partial charge on any atom is 0.335 e. The summed E-state index contributed by atoms with van der Waals surface area (Å²) in [6.07, 6.45) is 0. The van der Waals surface area contributed by atoms with Crippen LogP contribution in [0.25, 0.3) is 22.6 Å². The van der Waals surface area contributed by atoms with Crippen molar-refractivity contribution in [2.75, 3.05) is 0 Å². The number of nitrogens with zero attached hydrogens (tertiary/aromatic N) is 2. The number of rotatable bonds is 3. The minimum absolute atomic E-state index is 0.0685. The fourth-order valence-electron chi connectivity index (χ4n) is 1.93. The van der Waals surface area contributed by atoms with Gasteiger partial charge in [-0.05, 0) is 24.3 Å². The third-order valence-electron chi connectivity index (χ3n) is 2.94. The van der Waals surface area contributed by atoms with Gasteiger partial charge in [0.25, 0.3) is 5.69 Å². The lowest BCUT2D eigenvalue weighted by atomic mass is 10.2. The van der Waals surface area contributed by atoms with Gasteiger partial charge in [0.15, 0.2) is 5.58 Å². The van der Waals surface area contributed by atoms with Crippen LogP contribution < -0.4 is 0 Å². The molecule has 0 saturated heterocycles. The van der Waals surface area contributed by atoms with Crippen LogP contribution in [0.5, 0.6) is 0 Å². The monoisotopic (exact) mass is 284 g/mol. The summed E-state index contributed by atoms with van der Waals surface area (Å²) < 4.78 is 5.48. The van der Waals surface area contributed by atoms with Gasteiger partial charge in [-0.25, -0.2) is 9.78 Å². The zero-order valence-electron chi connectivity index (χ0n) is 10.5. The summed E-state index contributed by atoms with van der Waals surface area (Å²) in [5.41, 5.74) is 1.28. The molecule has 3 rings (SSSR count). The molecule has 0 unspecified atom stereocenters. The van der Waals surface area contributed by atoms with Crippen molar-refractivity contribution in [3.63, 3.8) is 0 Å². The van der Waals surface area contributed by atoms with Crippen LogP contribution >= 0.6 is 0 Å². The third-order valence-corrected chi connectivity index (χ3v) is 2.94. The molecule has 0 aliphatic carbocycles. The number of carbonyl (C=O) groups is 1. The van der Waals surface area contributed by atoms with E-state index < -0.39 is 10.9 Å². The number of fused-ring (bicyclic) bond motifs is 1. The lowest BCUT2D eigenvalue weighted by Gasteiger charge is -1.95. The quantitative estimate of drug-likeness (QED) is 0.585. The van der Waals surface area contributed by atoms with Crippen LogP contribution in [0.2, 0.25) is 0 Å². The van der Waals surface area contributed by atoms with Crippen molar-refractivity contribution in [1.82, 2.24) is 4.98 Å². The predicted molar refractivity (Wildman–Crippen MR) is 73.1 cm³/mol. The highest BCUT2D eigenvalue weighted by Crippen LogP contribution is 2.27. The van der Waals surface area contributed by atoms with Gasteiger partial charge in [-0.3, -0.25) is 10.1 Å². The smallest absolute Gasteiger partial charge is 0.335 e. The van der Waals surface area contributed by atoms with Gasteiger partial charge in [0, 0.05) is 17.7 Å². The number of non-ortho nitro benzene ring substituents is 1. The van der Waals surface area contributed by atoms with Gasteiger partial charge in [-0.15, -0.1) is 0 Å². The Bertz CT molecular complexity index is 869. The zero-order valence-corrected chi connectivity index (χ0v) is 10.5. The second-order valence-electron chi connectivity index (χ2n) is 4.31. The first kappa shape index (κ1) is 12.8. The van der Waals surface area contributed by atoms with Crippen LogP contribution in [0, 0.1) is 10.1 Å². The average molecular weight is 284 g/mol. The maximum absolute atomic E-state index is 10.9. The van der Waals surface area contributed by atoms with Crippen molar-refractivity contribution in [3.8, 4) is 11.5 Å². The molecular formula is C14H8N2O5. The van der Waals surface area contributed by atoms with Crippen LogP contribution in [-0.2, 0) is 0 Å². The average Bonchev–Trinajstić information content (AvgIpc) is 2.90. The number of aromatic carboxylic acids is 1. The van der Waals surface area contributed by atoms with Crippen molar-refractivity contribution in [1.29, 1.82) is 0 Å². The number of hydrogen-bond acceptors (Lipinski definition) is 5. The molecular weight excluding hydrogens is 276 g/mol. The lowest BCUT2D eigenvalue weighted by Crippen LogP contribution is -1.94. The largest absolute Gasteiger partial charge is 0.478 e. The number of hydrogen-bond donors (Lipinski definition) is 1. The fraction of sp³-hybridized carbons (Fsp3) is 0. The topological polar surface area (TPSA) is 106 Å². The molecule has 7 heteroatoms. The predicted octanol–water partition coefficient (Wildman–Crippen LogP) is 3.10. The molecule has 1 aromatic heterocycles. The Kier molecular flexibility index (Phi) is 2.87. The number of benzene rings is 2. The third kappa shape index (κ3) is 2.32. The fourth-order valence-corrected chi connectivity index (χ4v) is 1.93. The van der Waals surface area contributed by atoms with Crippen LogP contribution in [0.1, 0.15) is 10.4 Å². The van der Waals surface area contributed by atoms with Gasteiger partial charge < -0.3 is 9.52 Å². The molecule has 0 amide bonds. The van der Waals surface area contributed by atoms with Gasteiger partial charge in [-0.2, -0.15) is 0 Å².